The van der Waals surface area contributed by atoms with Gasteiger partial charge in [-0.15, -0.1) is 11.8 Å². The number of carboxylic acid groups (broad SMARTS) is 1. The number of carbonyl (C=O) groups is 11. The number of carbonyl (C=O) groups excluding carboxylic acids is 10. The average Bonchev–Trinajstić information content (AvgIpc) is 3.53. The van der Waals surface area contributed by atoms with Crippen molar-refractivity contribution >= 4 is 82.8 Å². The number of nitrogens with one attached hydrogen (secondary N) is 9. The molecule has 2 aliphatic rings. The molecular weight excluding hydrogens is 873 g/mol. The van der Waals surface area contributed by atoms with Crippen molar-refractivity contribution in [3.05, 3.63) is 35.9 Å². The van der Waals surface area contributed by atoms with Crippen LogP contribution in [-0.2, 0) is 59.2 Å². The number of hydrogen-bond donors (Lipinski definition) is 12. The second-order valence-corrected chi connectivity index (χ2v) is 16.4. The topological polar surface area (TPSA) is 383 Å². The van der Waals surface area contributed by atoms with Gasteiger partial charge < -0.3 is 59.1 Å². The summed E-state index contributed by atoms with van der Waals surface area (Å²) in [6, 6.07) is 1.89. The van der Waals surface area contributed by atoms with Crippen molar-refractivity contribution in [2.45, 2.75) is 107 Å². The first-order valence-electron chi connectivity index (χ1n) is 21.0. The summed E-state index contributed by atoms with van der Waals surface area (Å²) < 4.78 is 0. The number of imide groups is 1. The summed E-state index contributed by atoms with van der Waals surface area (Å²) in [5, 5.41) is 36.2. The molecule has 24 nitrogen and oxygen atoms in total. The van der Waals surface area contributed by atoms with Crippen molar-refractivity contribution in [3.63, 3.8) is 0 Å². The van der Waals surface area contributed by atoms with E-state index >= 15 is 0 Å². The van der Waals surface area contributed by atoms with Crippen molar-refractivity contribution in [2.75, 3.05) is 31.9 Å². The maximum Gasteiger partial charge on any atom is 0.305 e. The van der Waals surface area contributed by atoms with Gasteiger partial charge in [-0.1, -0.05) is 37.3 Å². The number of carboxylic acids is 1. The van der Waals surface area contributed by atoms with Crippen molar-refractivity contribution in [2.24, 2.45) is 11.5 Å². The fourth-order valence-corrected chi connectivity index (χ4v) is 7.79. The van der Waals surface area contributed by atoms with Gasteiger partial charge in [-0.2, -0.15) is 0 Å². The number of rotatable bonds is 22. The Balaban J connectivity index is 1.70. The number of hydrogen-bond acceptors (Lipinski definition) is 13. The zero-order valence-electron chi connectivity index (χ0n) is 35.9. The Morgan fingerprint density at radius 3 is 2.08 bits per heavy atom. The number of unbranched alkanes of at least 4 members (excludes halogenated alkanes) is 1. The van der Waals surface area contributed by atoms with E-state index in [1.807, 2.05) is 0 Å². The van der Waals surface area contributed by atoms with Crippen molar-refractivity contribution < 1.29 is 57.8 Å². The summed E-state index contributed by atoms with van der Waals surface area (Å²) in [5.41, 5.74) is 11.3. The van der Waals surface area contributed by atoms with Crippen LogP contribution in [0.15, 0.2) is 30.3 Å². The van der Waals surface area contributed by atoms with Gasteiger partial charge in [0.15, 0.2) is 5.96 Å². The van der Waals surface area contributed by atoms with Crippen molar-refractivity contribution in [3.8, 4) is 0 Å². The number of amides is 10. The SMILES string of the molecule is CCC(=O)N[C@@H](CSC1CC(=O)N(CCC(=O)NCCCCC2NC(=O)C(Cc3ccccc3)NC(=O)C(CC(=O)O)NC(=O)CNC(=O)C(CCCNC(=N)N)NC2=O)C1=O)C(N)=O. The van der Waals surface area contributed by atoms with Gasteiger partial charge in [0, 0.05) is 51.1 Å². The Morgan fingerprint density at radius 1 is 0.815 bits per heavy atom. The smallest absolute Gasteiger partial charge is 0.305 e. The van der Waals surface area contributed by atoms with Gasteiger partial charge in [-0.3, -0.25) is 63.0 Å². The quantitative estimate of drug-likeness (QED) is 0.0228. The van der Waals surface area contributed by atoms with Gasteiger partial charge >= 0.3 is 5.97 Å². The van der Waals surface area contributed by atoms with Crippen molar-refractivity contribution in [1.29, 1.82) is 5.41 Å². The average molecular weight is 931 g/mol. The molecule has 65 heavy (non-hydrogen) atoms. The lowest BCUT2D eigenvalue weighted by molar-refractivity contribution is -0.141. The maximum absolute atomic E-state index is 14.0. The summed E-state index contributed by atoms with van der Waals surface area (Å²) in [5.74, 6) is -8.86. The molecule has 1 aromatic carbocycles. The molecule has 0 saturated carbocycles. The number of primary amides is 1. The predicted molar refractivity (Wildman–Crippen MR) is 233 cm³/mol. The largest absolute Gasteiger partial charge is 0.481 e. The second kappa shape index (κ2) is 26.7. The molecule has 25 heteroatoms. The third kappa shape index (κ3) is 18.5. The molecule has 10 amide bonds. The van der Waals surface area contributed by atoms with Crippen LogP contribution in [-0.4, -0.2) is 148 Å². The Kier molecular flexibility index (Phi) is 21.6. The number of thioether (sulfide) groups is 1. The van der Waals surface area contributed by atoms with Crippen LogP contribution in [0.4, 0.5) is 0 Å². The molecule has 2 fully saturated rings. The van der Waals surface area contributed by atoms with E-state index in [0.29, 0.717) is 5.56 Å². The van der Waals surface area contributed by atoms with Crippen LogP contribution in [0.2, 0.25) is 0 Å². The zero-order valence-corrected chi connectivity index (χ0v) is 36.7. The van der Waals surface area contributed by atoms with Gasteiger partial charge in [0.2, 0.25) is 59.1 Å². The highest BCUT2D eigenvalue weighted by molar-refractivity contribution is 8.00. The standard InChI is InChI=1S/C40H58N12O12S/c1-2-29(53)48-27(34(41)59)21-65-28-19-32(56)52(39(28)64)16-13-30(54)44-14-7-6-11-24-36(61)49-23(12-8-15-45-40(42)43)35(60)46-20-31(55)47-26(18-33(57)58)38(63)51-25(37(62)50-24)17-22-9-4-3-5-10-22/h3-5,9-10,23-28H,2,6-8,11-21H2,1H3,(H2,41,59)(H,44,54)(H,46,60)(H,47,55)(H,48,53)(H,49,61)(H,50,62)(H,51,63)(H,57,58)(H4,42,43,45)/t23?,24?,25?,26?,27-,28?/m0/s1. The minimum Gasteiger partial charge on any atom is -0.481 e. The van der Waals surface area contributed by atoms with E-state index in [2.05, 4.69) is 42.5 Å². The monoisotopic (exact) mass is 930 g/mol. The molecule has 0 radical (unpaired) electrons. The molecule has 3 rings (SSSR count). The first-order chi connectivity index (χ1) is 30.9. The summed E-state index contributed by atoms with van der Waals surface area (Å²) in [6.45, 7) is 0.941. The molecule has 356 valence electrons. The van der Waals surface area contributed by atoms with E-state index in [0.717, 1.165) is 16.7 Å². The Bertz CT molecular complexity index is 1940. The molecule has 5 unspecified atom stereocenters. The predicted octanol–water partition coefficient (Wildman–Crippen LogP) is -4.05. The van der Waals surface area contributed by atoms with E-state index in [-0.39, 0.29) is 89.1 Å². The number of likely N-dealkylation sites (tertiary alicyclic amines) is 1. The molecule has 14 N–H and O–H groups in total. The lowest BCUT2D eigenvalue weighted by Crippen LogP contribution is -2.58. The number of nitrogens with zero attached hydrogens (tertiary/aromatic N) is 1. The highest BCUT2D eigenvalue weighted by Gasteiger charge is 2.39. The van der Waals surface area contributed by atoms with E-state index in [4.69, 9.17) is 16.9 Å². The van der Waals surface area contributed by atoms with Crippen LogP contribution in [0.1, 0.15) is 70.3 Å². The normalized spacial score (nSPS) is 21.3. The molecule has 2 heterocycles. The molecule has 2 saturated heterocycles. The van der Waals surface area contributed by atoms with Crippen LogP contribution in [0.5, 0.6) is 0 Å². The second-order valence-electron chi connectivity index (χ2n) is 15.2. The minimum absolute atomic E-state index is 0.00689. The van der Waals surface area contributed by atoms with Crippen LogP contribution >= 0.6 is 11.8 Å². The van der Waals surface area contributed by atoms with Gasteiger partial charge in [-0.05, 0) is 37.7 Å². The first-order valence-corrected chi connectivity index (χ1v) is 22.1. The van der Waals surface area contributed by atoms with Gasteiger partial charge in [0.1, 0.15) is 30.2 Å². The summed E-state index contributed by atoms with van der Waals surface area (Å²) >= 11 is 1.00. The number of aliphatic carboxylic acids is 1. The van der Waals surface area contributed by atoms with Crippen LogP contribution < -0.4 is 54.0 Å². The fourth-order valence-electron chi connectivity index (χ4n) is 6.59. The Hall–Kier alpha value is -6.79. The molecule has 0 aliphatic carbocycles. The number of benzene rings is 1. The highest BCUT2D eigenvalue weighted by Crippen LogP contribution is 2.26. The van der Waals surface area contributed by atoms with Crippen LogP contribution in [0.3, 0.4) is 0 Å². The number of guanidine groups is 1. The Labute approximate surface area is 378 Å². The maximum atomic E-state index is 14.0. The van der Waals surface area contributed by atoms with Crippen LogP contribution in [0.25, 0.3) is 0 Å². The Morgan fingerprint density at radius 2 is 1.43 bits per heavy atom. The molecular formula is C40H58N12O12S. The van der Waals surface area contributed by atoms with Gasteiger partial charge in [0.25, 0.3) is 0 Å². The lowest BCUT2D eigenvalue weighted by atomic mass is 10.0. The summed E-state index contributed by atoms with van der Waals surface area (Å²) in [4.78, 5) is 142. The summed E-state index contributed by atoms with van der Waals surface area (Å²) in [6.07, 6.45) is -0.536. The summed E-state index contributed by atoms with van der Waals surface area (Å²) in [7, 11) is 0. The zero-order chi connectivity index (χ0) is 48.1. The molecule has 0 bridgehead atoms. The minimum atomic E-state index is -1.64. The van der Waals surface area contributed by atoms with Gasteiger partial charge in [-0.25, -0.2) is 0 Å². The lowest BCUT2D eigenvalue weighted by Gasteiger charge is -2.26. The van der Waals surface area contributed by atoms with Crippen LogP contribution in [0, 0.1) is 5.41 Å². The molecule has 1 aromatic rings. The van der Waals surface area contributed by atoms with E-state index < -0.39 is 113 Å². The number of nitrogens with two attached hydrogens (primary N) is 2. The first kappa shape index (κ1) is 52.6. The van der Waals surface area contributed by atoms with Crippen molar-refractivity contribution in [1.82, 2.24) is 47.4 Å². The van der Waals surface area contributed by atoms with E-state index in [9.17, 15) is 57.8 Å². The van der Waals surface area contributed by atoms with E-state index in [1.165, 1.54) is 0 Å². The molecule has 2 aliphatic heterocycles. The highest BCUT2D eigenvalue weighted by atomic mass is 32.2. The molecule has 0 spiro atoms. The van der Waals surface area contributed by atoms with E-state index in [1.54, 1.807) is 37.3 Å². The van der Waals surface area contributed by atoms with Gasteiger partial charge in [0.05, 0.1) is 18.2 Å². The third-order valence-corrected chi connectivity index (χ3v) is 11.4. The third-order valence-electron chi connectivity index (χ3n) is 10.1. The molecule has 6 atom stereocenters. The molecule has 0 aromatic heterocycles. The fraction of sp³-hybridized carbons (Fsp3) is 0.550.